The summed E-state index contributed by atoms with van der Waals surface area (Å²) in [4.78, 5) is 24.9. The number of rotatable bonds is 5. The number of hydrogen-bond acceptors (Lipinski definition) is 5. The topological polar surface area (TPSA) is 65.1 Å². The first-order valence-electron chi connectivity index (χ1n) is 7.00. The summed E-state index contributed by atoms with van der Waals surface area (Å²) in [6.07, 6.45) is -1.77. The van der Waals surface area contributed by atoms with E-state index in [9.17, 15) is 18.4 Å². The van der Waals surface area contributed by atoms with E-state index in [-0.39, 0.29) is 19.6 Å². The fourth-order valence-corrected chi connectivity index (χ4v) is 2.40. The van der Waals surface area contributed by atoms with Gasteiger partial charge in [-0.3, -0.25) is 4.90 Å². The smallest absolute Gasteiger partial charge is 0.410 e. The van der Waals surface area contributed by atoms with E-state index in [2.05, 4.69) is 9.47 Å². The van der Waals surface area contributed by atoms with Crippen LogP contribution in [0.15, 0.2) is 30.3 Å². The van der Waals surface area contributed by atoms with Gasteiger partial charge in [-0.15, -0.1) is 0 Å². The number of methoxy groups -OCH3 is 1. The van der Waals surface area contributed by atoms with Crippen molar-refractivity contribution in [2.24, 2.45) is 0 Å². The van der Waals surface area contributed by atoms with Crippen molar-refractivity contribution in [2.75, 3.05) is 13.7 Å². The van der Waals surface area contributed by atoms with Crippen molar-refractivity contribution in [1.82, 2.24) is 4.90 Å². The highest BCUT2D eigenvalue weighted by atomic mass is 19.3. The van der Waals surface area contributed by atoms with E-state index >= 15 is 0 Å². The molecule has 1 heterocycles. The van der Waals surface area contributed by atoms with Gasteiger partial charge in [0.05, 0.1) is 19.8 Å². The maximum Gasteiger partial charge on any atom is 0.410 e. The molecule has 1 aromatic carbocycles. The number of carbonyl (C=O) groups is 2. The Kier molecular flexibility index (Phi) is 5.86. The lowest BCUT2D eigenvalue weighted by Crippen LogP contribution is -2.41. The van der Waals surface area contributed by atoms with Gasteiger partial charge in [-0.1, -0.05) is 30.3 Å². The summed E-state index contributed by atoms with van der Waals surface area (Å²) >= 11 is 0. The molecule has 2 rings (SSSR count). The number of ether oxygens (including phenoxy) is 3. The predicted molar refractivity (Wildman–Crippen MR) is 74.6 cm³/mol. The highest BCUT2D eigenvalue weighted by Crippen LogP contribution is 2.24. The fraction of sp³-hybridized carbons (Fsp3) is 0.467. The molecule has 8 heteroatoms. The second-order valence-electron chi connectivity index (χ2n) is 4.99. The number of likely N-dealkylation sites (tertiary alicyclic amines) is 1. The van der Waals surface area contributed by atoms with E-state index in [1.807, 2.05) is 6.07 Å². The number of alkyl halides is 2. The summed E-state index contributed by atoms with van der Waals surface area (Å²) < 4.78 is 38.8. The molecule has 0 unspecified atom stereocenters. The van der Waals surface area contributed by atoms with E-state index < -0.39 is 30.8 Å². The molecule has 1 saturated heterocycles. The second kappa shape index (κ2) is 7.87. The molecule has 6 nitrogen and oxygen atoms in total. The zero-order valence-electron chi connectivity index (χ0n) is 12.5. The van der Waals surface area contributed by atoms with Crippen molar-refractivity contribution in [1.29, 1.82) is 0 Å². The third-order valence-corrected chi connectivity index (χ3v) is 3.47. The Hall–Kier alpha value is -2.22. The maximum atomic E-state index is 12.3. The first-order chi connectivity index (χ1) is 11.0. The molecule has 0 saturated carbocycles. The molecular weight excluding hydrogens is 312 g/mol. The van der Waals surface area contributed by atoms with Crippen LogP contribution in [-0.2, 0) is 25.6 Å². The summed E-state index contributed by atoms with van der Waals surface area (Å²) in [6, 6.07) is 7.97. The molecule has 1 aromatic rings. The van der Waals surface area contributed by atoms with Gasteiger partial charge in [0.1, 0.15) is 12.6 Å². The number of benzene rings is 1. The largest absolute Gasteiger partial charge is 0.467 e. The molecule has 23 heavy (non-hydrogen) atoms. The Morgan fingerprint density at radius 2 is 2.00 bits per heavy atom. The Bertz CT molecular complexity index is 540. The molecule has 126 valence electrons. The minimum Gasteiger partial charge on any atom is -0.467 e. The van der Waals surface area contributed by atoms with Gasteiger partial charge in [-0.05, 0) is 5.56 Å². The van der Waals surface area contributed by atoms with E-state index in [0.29, 0.717) is 0 Å². The summed E-state index contributed by atoms with van der Waals surface area (Å²) in [7, 11) is 1.16. The molecule has 0 bridgehead atoms. The van der Waals surface area contributed by atoms with Gasteiger partial charge in [0.25, 0.3) is 0 Å². The van der Waals surface area contributed by atoms with Crippen LogP contribution in [0.4, 0.5) is 13.6 Å². The number of halogens is 2. The molecule has 1 aliphatic heterocycles. The molecule has 0 spiro atoms. The summed E-state index contributed by atoms with van der Waals surface area (Å²) in [5, 5.41) is 0. The van der Waals surface area contributed by atoms with Crippen LogP contribution in [0.2, 0.25) is 0 Å². The molecule has 0 N–H and O–H groups in total. The zero-order valence-corrected chi connectivity index (χ0v) is 12.5. The minimum atomic E-state index is -2.97. The first-order valence-corrected chi connectivity index (χ1v) is 7.00. The van der Waals surface area contributed by atoms with Gasteiger partial charge in [0, 0.05) is 6.42 Å². The van der Waals surface area contributed by atoms with Crippen molar-refractivity contribution in [2.45, 2.75) is 31.8 Å². The lowest BCUT2D eigenvalue weighted by atomic mass is 10.2. The molecule has 0 aromatic heterocycles. The van der Waals surface area contributed by atoms with E-state index in [1.54, 1.807) is 24.3 Å². The average molecular weight is 329 g/mol. The quantitative estimate of drug-likeness (QED) is 0.775. The van der Waals surface area contributed by atoms with Crippen molar-refractivity contribution in [3.8, 4) is 0 Å². The highest BCUT2D eigenvalue weighted by Gasteiger charge is 2.42. The van der Waals surface area contributed by atoms with Gasteiger partial charge < -0.3 is 14.2 Å². The molecule has 0 aliphatic carbocycles. The number of esters is 1. The number of hydrogen-bond donors (Lipinski definition) is 0. The third kappa shape index (κ3) is 4.62. The van der Waals surface area contributed by atoms with Crippen molar-refractivity contribution >= 4 is 12.1 Å². The normalized spacial score (nSPS) is 20.6. The van der Waals surface area contributed by atoms with Gasteiger partial charge in [0.15, 0.2) is 0 Å². The monoisotopic (exact) mass is 329 g/mol. The fourth-order valence-electron chi connectivity index (χ4n) is 2.40. The van der Waals surface area contributed by atoms with Crippen LogP contribution in [0.3, 0.4) is 0 Å². The van der Waals surface area contributed by atoms with Crippen LogP contribution in [0, 0.1) is 0 Å². The molecule has 1 amide bonds. The van der Waals surface area contributed by atoms with Crippen LogP contribution >= 0.6 is 0 Å². The standard InChI is InChI=1S/C15H17F2NO5/c1-21-13(19)12-7-11(23-14(16)17)8-18(12)15(20)22-9-10-5-3-2-4-6-10/h2-6,11-12,14H,7-9H2,1H3/t11-,12-/m1/s1. The van der Waals surface area contributed by atoms with Gasteiger partial charge in [-0.25, -0.2) is 9.59 Å². The van der Waals surface area contributed by atoms with Crippen LogP contribution in [0.5, 0.6) is 0 Å². The molecular formula is C15H17F2NO5. The Labute approximate surface area is 131 Å². The second-order valence-corrected chi connectivity index (χ2v) is 4.99. The van der Waals surface area contributed by atoms with Gasteiger partial charge in [-0.2, -0.15) is 8.78 Å². The van der Waals surface area contributed by atoms with Crippen LogP contribution in [0.1, 0.15) is 12.0 Å². The van der Waals surface area contributed by atoms with Crippen molar-refractivity contribution in [3.05, 3.63) is 35.9 Å². The summed E-state index contributed by atoms with van der Waals surface area (Å²) in [5.41, 5.74) is 0.773. The van der Waals surface area contributed by atoms with Crippen molar-refractivity contribution in [3.63, 3.8) is 0 Å². The van der Waals surface area contributed by atoms with Gasteiger partial charge in [0.2, 0.25) is 0 Å². The molecule has 1 aliphatic rings. The van der Waals surface area contributed by atoms with E-state index in [1.165, 1.54) is 0 Å². The van der Waals surface area contributed by atoms with E-state index in [4.69, 9.17) is 4.74 Å². The van der Waals surface area contributed by atoms with Gasteiger partial charge >= 0.3 is 18.7 Å². The Balaban J connectivity index is 1.98. The number of carbonyl (C=O) groups excluding carboxylic acids is 2. The SMILES string of the molecule is COC(=O)[C@H]1C[C@@H](OC(F)F)CN1C(=O)OCc1ccccc1. The highest BCUT2D eigenvalue weighted by molar-refractivity contribution is 5.82. The zero-order chi connectivity index (χ0) is 16.8. The Morgan fingerprint density at radius 1 is 1.30 bits per heavy atom. The third-order valence-electron chi connectivity index (χ3n) is 3.47. The van der Waals surface area contributed by atoms with Crippen molar-refractivity contribution < 1.29 is 32.6 Å². The van der Waals surface area contributed by atoms with Crippen LogP contribution in [-0.4, -0.2) is 49.4 Å². The lowest BCUT2D eigenvalue weighted by Gasteiger charge is -2.21. The Morgan fingerprint density at radius 3 is 2.61 bits per heavy atom. The molecule has 0 radical (unpaired) electrons. The van der Waals surface area contributed by atoms with Crippen LogP contribution < -0.4 is 0 Å². The minimum absolute atomic E-state index is 0.0183. The lowest BCUT2D eigenvalue weighted by molar-refractivity contribution is -0.159. The van der Waals surface area contributed by atoms with E-state index in [0.717, 1.165) is 17.6 Å². The number of nitrogens with zero attached hydrogens (tertiary/aromatic N) is 1. The predicted octanol–water partition coefficient (Wildman–Crippen LogP) is 2.18. The molecule has 1 fully saturated rings. The summed E-state index contributed by atoms with van der Waals surface area (Å²) in [6.45, 7) is -3.11. The number of amides is 1. The average Bonchev–Trinajstić information content (AvgIpc) is 2.96. The maximum absolute atomic E-state index is 12.3. The molecule has 2 atom stereocenters. The van der Waals surface area contributed by atoms with Crippen LogP contribution in [0.25, 0.3) is 0 Å². The summed E-state index contributed by atoms with van der Waals surface area (Å²) in [5.74, 6) is -0.693. The first kappa shape index (κ1) is 17.1.